The molecule has 1 atom stereocenters. The third-order valence-corrected chi connectivity index (χ3v) is 2.79. The molecule has 17 heavy (non-hydrogen) atoms. The van der Waals surface area contributed by atoms with Crippen molar-refractivity contribution < 1.29 is 4.79 Å². The van der Waals surface area contributed by atoms with Gasteiger partial charge in [0, 0.05) is 32.8 Å². The smallest absolute Gasteiger partial charge is 0.223 e. The maximum absolute atomic E-state index is 11.6. The molecule has 1 rings (SSSR count). The van der Waals surface area contributed by atoms with E-state index in [1.54, 1.807) is 6.20 Å². The number of hydrogen-bond donors (Lipinski definition) is 1. The number of aromatic nitrogens is 1. The molecule has 1 aromatic rings. The molecular formula is C13H21N3O. The van der Waals surface area contributed by atoms with Crippen molar-refractivity contribution in [3.05, 3.63) is 23.9 Å². The van der Waals surface area contributed by atoms with Gasteiger partial charge in [-0.3, -0.25) is 4.79 Å². The first-order chi connectivity index (χ1) is 8.04. The zero-order valence-corrected chi connectivity index (χ0v) is 11.0. The van der Waals surface area contributed by atoms with Crippen molar-refractivity contribution >= 4 is 11.7 Å². The molecule has 1 aromatic heterocycles. The molecule has 4 nitrogen and oxygen atoms in total. The molecule has 1 heterocycles. The number of anilines is 1. The van der Waals surface area contributed by atoms with Gasteiger partial charge in [0.05, 0.1) is 0 Å². The fourth-order valence-corrected chi connectivity index (χ4v) is 1.36. The number of nitrogens with one attached hydrogen (secondary N) is 1. The Balaban J connectivity index is 2.57. The quantitative estimate of drug-likeness (QED) is 0.846. The van der Waals surface area contributed by atoms with Crippen molar-refractivity contribution in [3.63, 3.8) is 0 Å². The molecule has 0 saturated carbocycles. The number of nitrogens with zero attached hydrogens (tertiary/aromatic N) is 2. The summed E-state index contributed by atoms with van der Waals surface area (Å²) in [6.07, 6.45) is 2.63. The Morgan fingerprint density at radius 3 is 2.82 bits per heavy atom. The number of amides is 1. The van der Waals surface area contributed by atoms with E-state index in [0.29, 0.717) is 6.54 Å². The lowest BCUT2D eigenvalue weighted by molar-refractivity contribution is -0.124. The van der Waals surface area contributed by atoms with Crippen LogP contribution in [0.1, 0.15) is 25.8 Å². The first-order valence-electron chi connectivity index (χ1n) is 5.94. The number of carbonyl (C=O) groups is 1. The van der Waals surface area contributed by atoms with E-state index in [1.807, 2.05) is 45.0 Å². The number of hydrogen-bond acceptors (Lipinski definition) is 3. The van der Waals surface area contributed by atoms with Crippen LogP contribution in [0.5, 0.6) is 0 Å². The van der Waals surface area contributed by atoms with Gasteiger partial charge in [0.25, 0.3) is 0 Å². The Labute approximate surface area is 103 Å². The van der Waals surface area contributed by atoms with Gasteiger partial charge in [-0.1, -0.05) is 13.8 Å². The molecule has 1 unspecified atom stereocenters. The third kappa shape index (κ3) is 4.06. The average Bonchev–Trinajstić information content (AvgIpc) is 2.35. The SMILES string of the molecule is CCC(C)C(=O)NCc1ccnc(N(C)C)c1. The second kappa shape index (κ2) is 6.23. The molecule has 0 spiro atoms. The van der Waals surface area contributed by atoms with Crippen LogP contribution in [0.4, 0.5) is 5.82 Å². The molecule has 4 heteroatoms. The van der Waals surface area contributed by atoms with Gasteiger partial charge in [0.2, 0.25) is 5.91 Å². The summed E-state index contributed by atoms with van der Waals surface area (Å²) in [7, 11) is 3.90. The van der Waals surface area contributed by atoms with E-state index in [2.05, 4.69) is 10.3 Å². The molecule has 0 aliphatic rings. The van der Waals surface area contributed by atoms with E-state index in [9.17, 15) is 4.79 Å². The Hall–Kier alpha value is -1.58. The fourth-order valence-electron chi connectivity index (χ4n) is 1.36. The largest absolute Gasteiger partial charge is 0.363 e. The van der Waals surface area contributed by atoms with Gasteiger partial charge >= 0.3 is 0 Å². The van der Waals surface area contributed by atoms with Crippen LogP contribution < -0.4 is 10.2 Å². The van der Waals surface area contributed by atoms with E-state index in [1.165, 1.54) is 0 Å². The number of carbonyl (C=O) groups excluding carboxylic acids is 1. The summed E-state index contributed by atoms with van der Waals surface area (Å²) in [5.74, 6) is 1.08. The lowest BCUT2D eigenvalue weighted by Crippen LogP contribution is -2.28. The highest BCUT2D eigenvalue weighted by atomic mass is 16.1. The van der Waals surface area contributed by atoms with Gasteiger partial charge in [0.1, 0.15) is 5.82 Å². The lowest BCUT2D eigenvalue weighted by Gasteiger charge is -2.13. The first-order valence-corrected chi connectivity index (χ1v) is 5.94. The summed E-state index contributed by atoms with van der Waals surface area (Å²) in [5.41, 5.74) is 1.07. The minimum atomic E-state index is 0.0742. The highest BCUT2D eigenvalue weighted by Gasteiger charge is 2.09. The second-order valence-corrected chi connectivity index (χ2v) is 4.44. The predicted octanol–water partition coefficient (Wildman–Crippen LogP) is 1.81. The Kier molecular flexibility index (Phi) is 4.94. The average molecular weight is 235 g/mol. The van der Waals surface area contributed by atoms with Gasteiger partial charge < -0.3 is 10.2 Å². The molecule has 1 amide bonds. The molecule has 0 aliphatic heterocycles. The number of rotatable bonds is 5. The summed E-state index contributed by atoms with van der Waals surface area (Å²) in [6.45, 7) is 4.51. The lowest BCUT2D eigenvalue weighted by atomic mass is 10.1. The molecule has 0 aliphatic carbocycles. The maximum Gasteiger partial charge on any atom is 0.223 e. The van der Waals surface area contributed by atoms with Gasteiger partial charge in [-0.15, -0.1) is 0 Å². The monoisotopic (exact) mass is 235 g/mol. The normalized spacial score (nSPS) is 12.0. The standard InChI is InChI=1S/C13H21N3O/c1-5-10(2)13(17)15-9-11-6-7-14-12(8-11)16(3)4/h6-8,10H,5,9H2,1-4H3,(H,15,17). The van der Waals surface area contributed by atoms with Crippen molar-refractivity contribution in [2.75, 3.05) is 19.0 Å². The Morgan fingerprint density at radius 2 is 2.24 bits per heavy atom. The predicted molar refractivity (Wildman–Crippen MR) is 69.9 cm³/mol. The minimum Gasteiger partial charge on any atom is -0.363 e. The van der Waals surface area contributed by atoms with E-state index in [-0.39, 0.29) is 11.8 Å². The van der Waals surface area contributed by atoms with Crippen LogP contribution in [0, 0.1) is 5.92 Å². The minimum absolute atomic E-state index is 0.0742. The summed E-state index contributed by atoms with van der Waals surface area (Å²) >= 11 is 0. The van der Waals surface area contributed by atoms with Crippen molar-refractivity contribution in [1.29, 1.82) is 0 Å². The topological polar surface area (TPSA) is 45.2 Å². The van der Waals surface area contributed by atoms with Crippen LogP contribution in [-0.2, 0) is 11.3 Å². The van der Waals surface area contributed by atoms with Gasteiger partial charge in [-0.05, 0) is 24.1 Å². The van der Waals surface area contributed by atoms with Crippen molar-refractivity contribution in [3.8, 4) is 0 Å². The molecule has 1 N–H and O–H groups in total. The molecular weight excluding hydrogens is 214 g/mol. The van der Waals surface area contributed by atoms with Crippen molar-refractivity contribution in [2.24, 2.45) is 5.92 Å². The first kappa shape index (κ1) is 13.5. The molecule has 0 aromatic carbocycles. The third-order valence-electron chi connectivity index (χ3n) is 2.79. The zero-order valence-electron chi connectivity index (χ0n) is 11.0. The molecule has 0 fully saturated rings. The Morgan fingerprint density at radius 1 is 1.53 bits per heavy atom. The van der Waals surface area contributed by atoms with Gasteiger partial charge in [0.15, 0.2) is 0 Å². The molecule has 0 radical (unpaired) electrons. The summed E-state index contributed by atoms with van der Waals surface area (Å²) < 4.78 is 0. The highest BCUT2D eigenvalue weighted by Crippen LogP contribution is 2.09. The zero-order chi connectivity index (χ0) is 12.8. The summed E-state index contributed by atoms with van der Waals surface area (Å²) in [4.78, 5) is 17.8. The number of pyridine rings is 1. The Bertz CT molecular complexity index is 377. The van der Waals surface area contributed by atoms with E-state index >= 15 is 0 Å². The molecule has 0 saturated heterocycles. The summed E-state index contributed by atoms with van der Waals surface area (Å²) in [6, 6.07) is 3.90. The van der Waals surface area contributed by atoms with Crippen molar-refractivity contribution in [1.82, 2.24) is 10.3 Å². The van der Waals surface area contributed by atoms with Crippen LogP contribution in [0.3, 0.4) is 0 Å². The van der Waals surface area contributed by atoms with E-state index in [0.717, 1.165) is 17.8 Å². The van der Waals surface area contributed by atoms with Gasteiger partial charge in [-0.25, -0.2) is 4.98 Å². The second-order valence-electron chi connectivity index (χ2n) is 4.44. The van der Waals surface area contributed by atoms with Crippen LogP contribution >= 0.6 is 0 Å². The fraction of sp³-hybridized carbons (Fsp3) is 0.538. The molecule has 0 bridgehead atoms. The van der Waals surface area contributed by atoms with Crippen LogP contribution in [0.15, 0.2) is 18.3 Å². The van der Waals surface area contributed by atoms with Crippen LogP contribution in [0.2, 0.25) is 0 Å². The van der Waals surface area contributed by atoms with E-state index in [4.69, 9.17) is 0 Å². The highest BCUT2D eigenvalue weighted by molar-refractivity contribution is 5.78. The summed E-state index contributed by atoms with van der Waals surface area (Å²) in [5, 5.41) is 2.93. The van der Waals surface area contributed by atoms with Crippen LogP contribution in [0.25, 0.3) is 0 Å². The molecule has 94 valence electrons. The van der Waals surface area contributed by atoms with Gasteiger partial charge in [-0.2, -0.15) is 0 Å². The van der Waals surface area contributed by atoms with Crippen LogP contribution in [-0.4, -0.2) is 25.0 Å². The van der Waals surface area contributed by atoms with Crippen molar-refractivity contribution in [2.45, 2.75) is 26.8 Å². The maximum atomic E-state index is 11.6. The van der Waals surface area contributed by atoms with E-state index < -0.39 is 0 Å².